The lowest BCUT2D eigenvalue weighted by Crippen LogP contribution is -2.36. The molecule has 8 heteroatoms. The van der Waals surface area contributed by atoms with Crippen LogP contribution in [0.25, 0.3) is 0 Å². The molecule has 1 amide bonds. The maximum Gasteiger partial charge on any atom is 0.256 e. The van der Waals surface area contributed by atoms with E-state index in [0.717, 1.165) is 6.08 Å². The van der Waals surface area contributed by atoms with Crippen LogP contribution < -0.4 is 5.73 Å². The van der Waals surface area contributed by atoms with E-state index in [4.69, 9.17) is 5.73 Å². The number of hydrogen-bond acceptors (Lipinski definition) is 7. The molecule has 0 spiro atoms. The van der Waals surface area contributed by atoms with Crippen molar-refractivity contribution in [2.24, 2.45) is 11.7 Å². The number of carbonyl (C=O) groups excluding carboxylic acids is 3. The summed E-state index contributed by atoms with van der Waals surface area (Å²) < 4.78 is 0. The number of carbonyl (C=O) groups is 3. The molecule has 0 aromatic heterocycles. The van der Waals surface area contributed by atoms with E-state index in [1.807, 2.05) is 0 Å². The molecule has 1 aromatic carbocycles. The summed E-state index contributed by atoms with van der Waals surface area (Å²) in [4.78, 5) is 36.9. The minimum absolute atomic E-state index is 0.112. The topological polar surface area (TPSA) is 158 Å². The van der Waals surface area contributed by atoms with Crippen molar-refractivity contribution in [2.45, 2.75) is 6.10 Å². The van der Waals surface area contributed by atoms with Gasteiger partial charge < -0.3 is 26.2 Å². The van der Waals surface area contributed by atoms with Crippen LogP contribution in [0.4, 0.5) is 0 Å². The molecule has 0 aliphatic heterocycles. The Morgan fingerprint density at radius 2 is 1.63 bits per heavy atom. The molecule has 1 aromatic rings. The lowest BCUT2D eigenvalue weighted by molar-refractivity contribution is -0.122. The number of rotatable bonds is 1. The van der Waals surface area contributed by atoms with Crippen molar-refractivity contribution in [1.82, 2.24) is 0 Å². The number of hydrogen-bond donors (Lipinski definition) is 5. The SMILES string of the molecule is NC(=O)C1=C(O)C(O)=C2C(O)=C3C(=CC2C1=O)C(=O)c1ccccc1C3O. The molecule has 4 rings (SSSR count). The molecule has 6 N–H and O–H groups in total. The van der Waals surface area contributed by atoms with Gasteiger partial charge in [0.05, 0.1) is 11.5 Å². The standard InChI is InChI=1S/C19H13NO7/c20-19(27)12-15(23)9-5-8-10(16(24)11(9)17(25)18(12)26)14(22)7-4-2-1-3-6(7)13(8)21/h1-5,9,14,22,24-26H,(H2,20,27). The first-order chi connectivity index (χ1) is 12.8. The number of ketones is 2. The van der Waals surface area contributed by atoms with Crippen molar-refractivity contribution in [1.29, 1.82) is 0 Å². The van der Waals surface area contributed by atoms with Crippen LogP contribution in [0.2, 0.25) is 0 Å². The third kappa shape index (κ3) is 2.04. The summed E-state index contributed by atoms with van der Waals surface area (Å²) in [7, 11) is 0. The van der Waals surface area contributed by atoms with Crippen molar-refractivity contribution in [3.05, 3.63) is 81.0 Å². The van der Waals surface area contributed by atoms with Crippen molar-refractivity contribution in [2.75, 3.05) is 0 Å². The van der Waals surface area contributed by atoms with Gasteiger partial charge in [-0.05, 0) is 5.56 Å². The summed E-state index contributed by atoms with van der Waals surface area (Å²) in [6.45, 7) is 0. The minimum Gasteiger partial charge on any atom is -0.507 e. The van der Waals surface area contributed by atoms with Gasteiger partial charge >= 0.3 is 0 Å². The summed E-state index contributed by atoms with van der Waals surface area (Å²) in [6, 6.07) is 6.24. The quantitative estimate of drug-likeness (QED) is 0.463. The Kier molecular flexibility index (Phi) is 3.37. The zero-order chi connectivity index (χ0) is 19.6. The Bertz CT molecular complexity index is 1090. The summed E-state index contributed by atoms with van der Waals surface area (Å²) in [6.07, 6.45) is -0.232. The van der Waals surface area contributed by atoms with Gasteiger partial charge in [-0.15, -0.1) is 0 Å². The summed E-state index contributed by atoms with van der Waals surface area (Å²) in [5.41, 5.74) is 4.06. The second kappa shape index (κ2) is 5.42. The second-order valence-electron chi connectivity index (χ2n) is 6.35. The number of amides is 1. The zero-order valence-corrected chi connectivity index (χ0v) is 13.6. The molecular formula is C19H13NO7. The van der Waals surface area contributed by atoms with Crippen LogP contribution in [-0.2, 0) is 9.59 Å². The van der Waals surface area contributed by atoms with E-state index in [9.17, 15) is 34.8 Å². The maximum absolute atomic E-state index is 12.8. The molecule has 136 valence electrons. The first-order valence-corrected chi connectivity index (χ1v) is 7.93. The molecule has 2 atom stereocenters. The van der Waals surface area contributed by atoms with Crippen molar-refractivity contribution >= 4 is 17.5 Å². The first kappa shape index (κ1) is 16.8. The second-order valence-corrected chi connectivity index (χ2v) is 6.35. The summed E-state index contributed by atoms with van der Waals surface area (Å²) >= 11 is 0. The maximum atomic E-state index is 12.8. The Morgan fingerprint density at radius 1 is 0.963 bits per heavy atom. The van der Waals surface area contributed by atoms with Crippen LogP contribution in [0, 0.1) is 5.92 Å². The molecule has 3 aliphatic carbocycles. The highest BCUT2D eigenvalue weighted by molar-refractivity contribution is 6.23. The third-order valence-corrected chi connectivity index (χ3v) is 4.95. The fourth-order valence-corrected chi connectivity index (χ4v) is 3.70. The van der Waals surface area contributed by atoms with Gasteiger partial charge in [0, 0.05) is 16.7 Å². The summed E-state index contributed by atoms with van der Waals surface area (Å²) in [5.74, 6) is -6.81. The number of aliphatic hydroxyl groups excluding tert-OH is 4. The molecule has 0 saturated heterocycles. The van der Waals surface area contributed by atoms with Gasteiger partial charge in [-0.2, -0.15) is 0 Å². The highest BCUT2D eigenvalue weighted by atomic mass is 16.3. The molecular weight excluding hydrogens is 354 g/mol. The monoisotopic (exact) mass is 367 g/mol. The molecule has 8 nitrogen and oxygen atoms in total. The average Bonchev–Trinajstić information content (AvgIpc) is 2.63. The minimum atomic E-state index is -1.40. The van der Waals surface area contributed by atoms with E-state index >= 15 is 0 Å². The molecule has 0 bridgehead atoms. The number of Topliss-reactive ketones (excluding diaryl/α,β-unsaturated/α-hetero) is 2. The van der Waals surface area contributed by atoms with Crippen molar-refractivity contribution < 1.29 is 34.8 Å². The normalized spacial score (nSPS) is 24.4. The van der Waals surface area contributed by atoms with Gasteiger partial charge in [0.15, 0.2) is 23.1 Å². The van der Waals surface area contributed by atoms with E-state index in [2.05, 4.69) is 0 Å². The van der Waals surface area contributed by atoms with Crippen LogP contribution in [-0.4, -0.2) is 37.9 Å². The molecule has 0 heterocycles. The Balaban J connectivity index is 2.02. The Hall–Kier alpha value is -3.65. The number of benzene rings is 1. The van der Waals surface area contributed by atoms with Gasteiger partial charge in [0.1, 0.15) is 17.4 Å². The van der Waals surface area contributed by atoms with Crippen LogP contribution in [0.3, 0.4) is 0 Å². The number of fused-ring (bicyclic) bond motifs is 3. The Labute approximate surface area is 151 Å². The average molecular weight is 367 g/mol. The fraction of sp³-hybridized carbons (Fsp3) is 0.105. The van der Waals surface area contributed by atoms with Crippen LogP contribution in [0.5, 0.6) is 0 Å². The molecule has 2 unspecified atom stereocenters. The van der Waals surface area contributed by atoms with Gasteiger partial charge in [0.25, 0.3) is 5.91 Å². The molecule has 0 radical (unpaired) electrons. The van der Waals surface area contributed by atoms with Crippen LogP contribution >= 0.6 is 0 Å². The van der Waals surface area contributed by atoms with Crippen molar-refractivity contribution in [3.63, 3.8) is 0 Å². The molecule has 27 heavy (non-hydrogen) atoms. The van der Waals surface area contributed by atoms with Gasteiger partial charge in [-0.3, -0.25) is 14.4 Å². The lowest BCUT2D eigenvalue weighted by Gasteiger charge is -2.34. The number of primary amides is 1. The van der Waals surface area contributed by atoms with Gasteiger partial charge in [0.2, 0.25) is 0 Å². The van der Waals surface area contributed by atoms with Crippen LogP contribution in [0.1, 0.15) is 22.0 Å². The summed E-state index contributed by atoms with van der Waals surface area (Å²) in [5, 5.41) is 41.5. The van der Waals surface area contributed by atoms with E-state index in [1.165, 1.54) is 12.1 Å². The van der Waals surface area contributed by atoms with Crippen molar-refractivity contribution in [3.8, 4) is 0 Å². The van der Waals surface area contributed by atoms with Crippen LogP contribution in [0.15, 0.2) is 69.9 Å². The first-order valence-electron chi connectivity index (χ1n) is 7.93. The fourth-order valence-electron chi connectivity index (χ4n) is 3.70. The highest BCUT2D eigenvalue weighted by Gasteiger charge is 2.46. The number of aliphatic hydroxyl groups is 4. The molecule has 0 fully saturated rings. The van der Waals surface area contributed by atoms with E-state index < -0.39 is 57.9 Å². The number of allylic oxidation sites excluding steroid dienone is 2. The van der Waals surface area contributed by atoms with Gasteiger partial charge in [-0.25, -0.2) is 0 Å². The van der Waals surface area contributed by atoms with E-state index in [1.54, 1.807) is 12.1 Å². The lowest BCUT2D eigenvalue weighted by atomic mass is 9.70. The predicted octanol–water partition coefficient (Wildman–Crippen LogP) is 0.977. The third-order valence-electron chi connectivity index (χ3n) is 4.95. The van der Waals surface area contributed by atoms with E-state index in [0.29, 0.717) is 0 Å². The predicted molar refractivity (Wildman–Crippen MR) is 90.5 cm³/mol. The molecule has 0 saturated carbocycles. The highest BCUT2D eigenvalue weighted by Crippen LogP contribution is 2.47. The number of nitrogens with two attached hydrogens (primary N) is 1. The smallest absolute Gasteiger partial charge is 0.256 e. The molecule has 3 aliphatic rings. The zero-order valence-electron chi connectivity index (χ0n) is 13.6. The van der Waals surface area contributed by atoms with E-state index in [-0.39, 0.29) is 22.3 Å². The van der Waals surface area contributed by atoms with Gasteiger partial charge in [-0.1, -0.05) is 30.3 Å². The largest absolute Gasteiger partial charge is 0.507 e. The Morgan fingerprint density at radius 3 is 2.30 bits per heavy atom.